The van der Waals surface area contributed by atoms with Crippen LogP contribution in [-0.2, 0) is 24.3 Å². The van der Waals surface area contributed by atoms with Crippen LogP contribution < -0.4 is 32.1 Å². The molecule has 2 nitrogen and oxygen atoms in total. The largest absolute Gasteiger partial charge is 0.550 e. The molecule has 0 fully saturated rings. The number of carboxylic acids is 1. The molecule has 225 valence electrons. The van der Waals surface area contributed by atoms with Crippen LogP contribution in [0.15, 0.2) is 78.9 Å². The molecule has 0 aliphatic carbocycles. The van der Waals surface area contributed by atoms with Crippen LogP contribution >= 0.6 is 15.8 Å². The molecule has 0 bridgehead atoms. The summed E-state index contributed by atoms with van der Waals surface area (Å²) in [5.74, 6) is -1.01. The average molecular weight is 680 g/mol. The van der Waals surface area contributed by atoms with Crippen molar-refractivity contribution in [3.63, 3.8) is 0 Å². The minimum absolute atomic E-state index is 0. The number of carboxylic acid groups (broad SMARTS) is 1. The predicted octanol–water partition coefficient (Wildman–Crippen LogP) is 5.30. The maximum atomic E-state index is 9.91. The second kappa shape index (κ2) is 17.1. The minimum Gasteiger partial charge on any atom is -0.550 e. The van der Waals surface area contributed by atoms with Gasteiger partial charge < -0.3 is 9.90 Å². The Morgan fingerprint density at radius 3 is 1.20 bits per heavy atom. The molecule has 0 atom stereocenters. The van der Waals surface area contributed by atoms with Gasteiger partial charge in [-0.3, -0.25) is 0 Å². The summed E-state index contributed by atoms with van der Waals surface area (Å²) in [6.45, 7) is 24.5. The van der Waals surface area contributed by atoms with Crippen LogP contribution in [0.5, 0.6) is 0 Å². The van der Waals surface area contributed by atoms with Crippen molar-refractivity contribution in [3.05, 3.63) is 78.9 Å². The third kappa shape index (κ3) is 10.4. The second-order valence-corrected chi connectivity index (χ2v) is 20.6. The number of rotatable bonds is 9. The molecule has 0 spiro atoms. The van der Waals surface area contributed by atoms with Crippen molar-refractivity contribution in [1.29, 1.82) is 0 Å². The van der Waals surface area contributed by atoms with Crippen molar-refractivity contribution in [2.75, 3.05) is 0 Å². The second-order valence-electron chi connectivity index (χ2n) is 13.1. The summed E-state index contributed by atoms with van der Waals surface area (Å²) in [6, 6.07) is 30.0. The minimum atomic E-state index is -1.01. The fourth-order valence-electron chi connectivity index (χ4n) is 5.77. The van der Waals surface area contributed by atoms with Crippen LogP contribution in [-0.4, -0.2) is 35.3 Å². The first-order valence-corrected chi connectivity index (χ1v) is 18.2. The number of carbonyl (C=O) groups is 1. The van der Waals surface area contributed by atoms with E-state index in [1.54, 1.807) is 31.4 Å². The number of carbonyl (C=O) groups excluding carboxylic acids is 1. The average Bonchev–Trinajstić information content (AvgIpc) is 2.86. The summed E-state index contributed by atoms with van der Waals surface area (Å²) < 4.78 is 0. The molecule has 0 heterocycles. The Morgan fingerprint density at radius 2 is 0.902 bits per heavy atom. The van der Waals surface area contributed by atoms with Crippen molar-refractivity contribution >= 4 is 55.5 Å². The van der Waals surface area contributed by atoms with Crippen LogP contribution in [0.3, 0.4) is 0 Å². The van der Waals surface area contributed by atoms with Crippen molar-refractivity contribution in [3.8, 4) is 0 Å². The third-order valence-corrected chi connectivity index (χ3v) is 14.5. The molecular weight excluding hydrogens is 628 g/mol. The summed E-state index contributed by atoms with van der Waals surface area (Å²) in [5.41, 5.74) is 6.59. The third-order valence-electron chi connectivity index (χ3n) is 7.40. The summed E-state index contributed by atoms with van der Waals surface area (Å²) in [5, 5.41) is 13.2. The maximum Gasteiger partial charge on any atom is 0.251 e. The van der Waals surface area contributed by atoms with Crippen molar-refractivity contribution in [2.24, 2.45) is 5.41 Å². The molecule has 0 saturated heterocycles. The Morgan fingerprint density at radius 1 is 0.610 bits per heavy atom. The molecule has 3 rings (SSSR count). The number of hydrogen-bond donors (Lipinski definition) is 0. The van der Waals surface area contributed by atoms with Gasteiger partial charge in [-0.1, -0.05) is 93.0 Å². The fraction of sp³-hybridized carbons (Fsp3) is 0.457. The molecule has 3 aromatic carbocycles. The number of aliphatic carboxylic acids is 1. The summed E-state index contributed by atoms with van der Waals surface area (Å²) in [4.78, 5) is 9.91. The van der Waals surface area contributed by atoms with Gasteiger partial charge in [-0.2, -0.15) is 0 Å². The smallest absolute Gasteiger partial charge is 0.251 e. The molecule has 0 aromatic heterocycles. The Labute approximate surface area is 266 Å². The normalized spacial score (nSPS) is 11.6. The van der Waals surface area contributed by atoms with E-state index in [-0.39, 0.29) is 26.2 Å². The van der Waals surface area contributed by atoms with E-state index in [1.165, 1.54) is 16.4 Å². The van der Waals surface area contributed by atoms with Crippen LogP contribution in [0.25, 0.3) is 0 Å². The van der Waals surface area contributed by atoms with Gasteiger partial charge in [-0.05, 0) is 78.4 Å². The van der Waals surface area contributed by atoms with Gasteiger partial charge in [0.1, 0.15) is 0 Å². The predicted molar refractivity (Wildman–Crippen MR) is 185 cm³/mol. The zero-order valence-electron chi connectivity index (χ0n) is 27.0. The van der Waals surface area contributed by atoms with Crippen LogP contribution in [0.2, 0.25) is 0 Å². The molecule has 0 aliphatic heterocycles. The summed E-state index contributed by atoms with van der Waals surface area (Å²) >= 11 is 0. The first-order valence-electron chi connectivity index (χ1n) is 14.9. The number of hydrogen-bond acceptors (Lipinski definition) is 2. The van der Waals surface area contributed by atoms with E-state index < -0.39 is 27.2 Å². The number of benzene rings is 3. The quantitative estimate of drug-likeness (QED) is 0.228. The van der Waals surface area contributed by atoms with Gasteiger partial charge >= 0.3 is 0 Å². The molecule has 6 heteroatoms. The van der Waals surface area contributed by atoms with Gasteiger partial charge in [0.05, 0.1) is 33.2 Å². The molecule has 41 heavy (non-hydrogen) atoms. The Hall–Kier alpha value is -1.32. The monoisotopic (exact) mass is 680 g/mol. The molecule has 0 saturated carbocycles. The fourth-order valence-corrected chi connectivity index (χ4v) is 12.6. The first-order chi connectivity index (χ1) is 18.7. The molecule has 3 aromatic rings. The zero-order valence-corrected chi connectivity index (χ0v) is 30.7. The van der Waals surface area contributed by atoms with Crippen LogP contribution in [0.4, 0.5) is 0 Å². The van der Waals surface area contributed by atoms with E-state index in [4.69, 9.17) is 0 Å². The van der Waals surface area contributed by atoms with E-state index in [9.17, 15) is 9.90 Å². The van der Waals surface area contributed by atoms with Gasteiger partial charge in [0.25, 0.3) is 6.71 Å². The summed E-state index contributed by atoms with van der Waals surface area (Å²) in [7, 11) is -1.40. The van der Waals surface area contributed by atoms with Gasteiger partial charge in [-0.15, -0.1) is 0 Å². The van der Waals surface area contributed by atoms with Gasteiger partial charge in [-0.25, -0.2) is 0 Å². The first kappa shape index (κ1) is 37.7. The van der Waals surface area contributed by atoms with Crippen LogP contribution in [0.1, 0.15) is 76.2 Å². The van der Waals surface area contributed by atoms with Gasteiger partial charge in [0.2, 0.25) is 0 Å². The van der Waals surface area contributed by atoms with Gasteiger partial charge in [0.15, 0.2) is 0 Å². The Bertz CT molecular complexity index is 1130. The molecule has 0 N–H and O–H groups in total. The van der Waals surface area contributed by atoms with Crippen molar-refractivity contribution < 1.29 is 29.4 Å². The van der Waals surface area contributed by atoms with E-state index >= 15 is 0 Å². The molecule has 0 aliphatic rings. The Kier molecular flexibility index (Phi) is 15.7. The maximum absolute atomic E-state index is 9.91. The van der Waals surface area contributed by atoms with Crippen molar-refractivity contribution in [2.45, 2.75) is 98.8 Å². The van der Waals surface area contributed by atoms with E-state index in [2.05, 4.69) is 134 Å². The molecule has 0 unspecified atom stereocenters. The molecular formula is C35H52BO2P2Rh+. The van der Waals surface area contributed by atoms with Gasteiger partial charge in [0, 0.05) is 46.7 Å². The SMILES string of the molecule is CC(C)(C)C(=O)[O-].CC(C)[PH+](c1ccccc1B(c1ccccc1)c1ccccc1[PH+](C(C)C)C(C)C)C(C)C.[Rh]. The Balaban J connectivity index is 0.000000933. The molecule has 0 amide bonds. The summed E-state index contributed by atoms with van der Waals surface area (Å²) in [6.07, 6.45) is 0. The van der Waals surface area contributed by atoms with Crippen LogP contribution in [0, 0.1) is 5.41 Å². The topological polar surface area (TPSA) is 40.1 Å². The van der Waals surface area contributed by atoms with E-state index in [0.29, 0.717) is 22.6 Å². The van der Waals surface area contributed by atoms with E-state index in [0.717, 1.165) is 0 Å². The van der Waals surface area contributed by atoms with E-state index in [1.807, 2.05) is 0 Å². The molecule has 1 radical (unpaired) electrons. The standard InChI is InChI=1S/C30H41BP2.C5H10O2.Rh/c1-22(2)32(23(3)4)29-20-14-12-18-27(29)31(26-16-10-9-11-17-26)28-19-13-15-21-30(28)33(24(5)6)25(7)8;1-5(2,3)4(6)7;/h9-25H,1-8H3;1-3H3,(H,6,7);/p+1. The van der Waals surface area contributed by atoms with Crippen molar-refractivity contribution in [1.82, 2.24) is 0 Å². The zero-order chi connectivity index (χ0) is 30.2.